The Morgan fingerprint density at radius 1 is 1.62 bits per heavy atom. The zero-order valence-corrected chi connectivity index (χ0v) is 9.28. The van der Waals surface area contributed by atoms with Crippen LogP contribution in [0.3, 0.4) is 0 Å². The lowest BCUT2D eigenvalue weighted by molar-refractivity contribution is 1.02. The van der Waals surface area contributed by atoms with E-state index in [2.05, 4.69) is 9.97 Å². The molecule has 0 spiro atoms. The molecule has 2 heterocycles. The van der Waals surface area contributed by atoms with Crippen LogP contribution in [-0.2, 0) is 0 Å². The number of thiophene rings is 1. The first-order valence-electron chi connectivity index (χ1n) is 4.49. The highest BCUT2D eigenvalue weighted by Gasteiger charge is 2.08. The molecule has 0 aliphatic rings. The second kappa shape index (κ2) is 4.16. The first kappa shape index (κ1) is 10.4. The van der Waals surface area contributed by atoms with Crippen molar-refractivity contribution in [3.63, 3.8) is 0 Å². The molecule has 0 bridgehead atoms. The molecule has 0 radical (unpaired) electrons. The van der Waals surface area contributed by atoms with Gasteiger partial charge in [0.25, 0.3) is 0 Å². The lowest BCUT2D eigenvalue weighted by Crippen LogP contribution is -2.18. The number of rotatable bonds is 2. The van der Waals surface area contributed by atoms with Gasteiger partial charge >= 0.3 is 5.69 Å². The topological polar surface area (TPSA) is 72.8 Å². The van der Waals surface area contributed by atoms with Crippen molar-refractivity contribution in [2.24, 2.45) is 0 Å². The quantitative estimate of drug-likeness (QED) is 0.851. The summed E-state index contributed by atoms with van der Waals surface area (Å²) in [5.74, 6) is 0.461. The van der Waals surface area contributed by atoms with Crippen LogP contribution in [0.5, 0.6) is 0 Å². The van der Waals surface area contributed by atoms with E-state index in [0.717, 1.165) is 5.00 Å². The number of H-pyrrole nitrogens is 1. The number of hydrogen-bond acceptors (Lipinski definition) is 5. The molecule has 2 aromatic rings. The average Bonchev–Trinajstić information content (AvgIpc) is 2.80. The maximum atomic E-state index is 11.2. The van der Waals surface area contributed by atoms with Crippen molar-refractivity contribution >= 4 is 22.2 Å². The highest BCUT2D eigenvalue weighted by atomic mass is 32.1. The number of nitrogens with zero attached hydrogens (tertiary/aromatic N) is 3. The minimum absolute atomic E-state index is 0.207. The van der Waals surface area contributed by atoms with Crippen LogP contribution >= 0.6 is 11.3 Å². The van der Waals surface area contributed by atoms with Gasteiger partial charge in [-0.2, -0.15) is 10.2 Å². The van der Waals surface area contributed by atoms with E-state index in [1.54, 1.807) is 18.0 Å². The third-order valence-electron chi connectivity index (χ3n) is 2.03. The molecule has 0 aliphatic carbocycles. The van der Waals surface area contributed by atoms with Crippen molar-refractivity contribution in [3.8, 4) is 6.07 Å². The van der Waals surface area contributed by atoms with Crippen LogP contribution in [0.4, 0.5) is 10.8 Å². The number of nitriles is 1. The van der Waals surface area contributed by atoms with Gasteiger partial charge in [-0.15, -0.1) is 11.3 Å². The largest absolute Gasteiger partial charge is 0.347 e. The maximum absolute atomic E-state index is 11.2. The van der Waals surface area contributed by atoms with Crippen molar-refractivity contribution in [1.82, 2.24) is 9.97 Å². The summed E-state index contributed by atoms with van der Waals surface area (Å²) in [6, 6.07) is 7.26. The zero-order valence-electron chi connectivity index (χ0n) is 8.47. The Bertz CT molecular complexity index is 582. The number of nitrogens with one attached hydrogen (secondary N) is 1. The molecular weight excluding hydrogens is 224 g/mol. The Hall–Kier alpha value is -2.13. The Morgan fingerprint density at radius 3 is 3.06 bits per heavy atom. The third-order valence-corrected chi connectivity index (χ3v) is 2.98. The predicted octanol–water partition coefficient (Wildman–Crippen LogP) is 1.47. The second-order valence-electron chi connectivity index (χ2n) is 3.08. The van der Waals surface area contributed by atoms with E-state index in [-0.39, 0.29) is 5.69 Å². The van der Waals surface area contributed by atoms with Crippen molar-refractivity contribution in [2.45, 2.75) is 0 Å². The molecule has 0 unspecified atom stereocenters. The van der Waals surface area contributed by atoms with E-state index in [9.17, 15) is 4.79 Å². The fraction of sp³-hybridized carbons (Fsp3) is 0.100. The zero-order chi connectivity index (χ0) is 11.5. The molecule has 2 rings (SSSR count). The first-order chi connectivity index (χ1) is 7.70. The van der Waals surface area contributed by atoms with Crippen LogP contribution in [-0.4, -0.2) is 17.0 Å². The Morgan fingerprint density at radius 2 is 2.44 bits per heavy atom. The number of aromatic amines is 1. The van der Waals surface area contributed by atoms with E-state index >= 15 is 0 Å². The monoisotopic (exact) mass is 232 g/mol. The Labute approximate surface area is 95.6 Å². The molecule has 5 nitrogen and oxygen atoms in total. The standard InChI is InChI=1S/C10H8N4OS/c1-14(9-3-2-4-16-9)8-5-7(6-11)12-10(15)13-8/h2-5H,1H3,(H,12,13,15). The number of anilines is 2. The fourth-order valence-corrected chi connectivity index (χ4v) is 1.96. The van der Waals surface area contributed by atoms with Crippen LogP contribution < -0.4 is 10.6 Å². The summed E-state index contributed by atoms with van der Waals surface area (Å²) in [5.41, 5.74) is -0.309. The van der Waals surface area contributed by atoms with E-state index in [1.165, 1.54) is 11.3 Å². The van der Waals surface area contributed by atoms with Gasteiger partial charge in [0.2, 0.25) is 0 Å². The molecule has 6 heteroatoms. The summed E-state index contributed by atoms with van der Waals surface area (Å²) >= 11 is 1.54. The van der Waals surface area contributed by atoms with E-state index in [1.807, 2.05) is 23.6 Å². The lowest BCUT2D eigenvalue weighted by atomic mass is 10.4. The van der Waals surface area contributed by atoms with E-state index in [0.29, 0.717) is 5.82 Å². The van der Waals surface area contributed by atoms with Gasteiger partial charge in [0.1, 0.15) is 17.6 Å². The third kappa shape index (κ3) is 1.94. The minimum Gasteiger partial charge on any atom is -0.321 e. The van der Waals surface area contributed by atoms with Crippen LogP contribution in [0, 0.1) is 11.3 Å². The van der Waals surface area contributed by atoms with Crippen LogP contribution in [0.2, 0.25) is 0 Å². The molecule has 0 amide bonds. The van der Waals surface area contributed by atoms with Gasteiger partial charge in [0, 0.05) is 13.1 Å². The smallest absolute Gasteiger partial charge is 0.321 e. The van der Waals surface area contributed by atoms with E-state index < -0.39 is 5.69 Å². The molecule has 0 aliphatic heterocycles. The molecule has 16 heavy (non-hydrogen) atoms. The minimum atomic E-state index is -0.516. The normalized spacial score (nSPS) is 9.75. The second-order valence-corrected chi connectivity index (χ2v) is 4.01. The molecule has 1 N–H and O–H groups in total. The van der Waals surface area contributed by atoms with Crippen LogP contribution in [0.25, 0.3) is 0 Å². The summed E-state index contributed by atoms with van der Waals surface area (Å²) in [6.45, 7) is 0. The van der Waals surface area contributed by atoms with E-state index in [4.69, 9.17) is 5.26 Å². The molecule has 2 aromatic heterocycles. The predicted molar refractivity (Wildman–Crippen MR) is 62.0 cm³/mol. The van der Waals surface area contributed by atoms with Gasteiger partial charge in [-0.3, -0.25) is 4.98 Å². The summed E-state index contributed by atoms with van der Waals surface area (Å²) in [7, 11) is 1.80. The molecule has 0 saturated carbocycles. The first-order valence-corrected chi connectivity index (χ1v) is 5.37. The van der Waals surface area contributed by atoms with Crippen LogP contribution in [0.1, 0.15) is 5.69 Å². The highest BCUT2D eigenvalue weighted by molar-refractivity contribution is 7.14. The fourth-order valence-electron chi connectivity index (χ4n) is 1.25. The molecule has 0 fully saturated rings. The van der Waals surface area contributed by atoms with Gasteiger partial charge in [-0.05, 0) is 17.5 Å². The van der Waals surface area contributed by atoms with Gasteiger partial charge in [-0.1, -0.05) is 0 Å². The number of aromatic nitrogens is 2. The molecular formula is C10H8N4OS. The van der Waals surface area contributed by atoms with Crippen LogP contribution in [0.15, 0.2) is 28.4 Å². The molecule has 0 aromatic carbocycles. The summed E-state index contributed by atoms with van der Waals surface area (Å²) in [6.07, 6.45) is 0. The molecule has 0 atom stereocenters. The maximum Gasteiger partial charge on any atom is 0.347 e. The van der Waals surface area contributed by atoms with Crippen molar-refractivity contribution in [3.05, 3.63) is 39.8 Å². The van der Waals surface area contributed by atoms with Gasteiger partial charge in [0.15, 0.2) is 0 Å². The molecule has 80 valence electrons. The molecule has 0 saturated heterocycles. The highest BCUT2D eigenvalue weighted by Crippen LogP contribution is 2.25. The lowest BCUT2D eigenvalue weighted by Gasteiger charge is -2.14. The summed E-state index contributed by atoms with van der Waals surface area (Å²) in [5, 5.41) is 11.6. The van der Waals surface area contributed by atoms with Gasteiger partial charge < -0.3 is 4.90 Å². The van der Waals surface area contributed by atoms with Gasteiger partial charge in [-0.25, -0.2) is 4.79 Å². The Kier molecular flexibility index (Phi) is 2.70. The number of hydrogen-bond donors (Lipinski definition) is 1. The SMILES string of the molecule is CN(c1cc(C#N)[nH]c(=O)n1)c1cccs1. The van der Waals surface area contributed by atoms with Crippen molar-refractivity contribution in [1.29, 1.82) is 5.26 Å². The summed E-state index contributed by atoms with van der Waals surface area (Å²) < 4.78 is 0. The van der Waals surface area contributed by atoms with Gasteiger partial charge in [0.05, 0.1) is 5.00 Å². The Balaban J connectivity index is 2.45. The van der Waals surface area contributed by atoms with Crippen molar-refractivity contribution < 1.29 is 0 Å². The average molecular weight is 232 g/mol. The summed E-state index contributed by atoms with van der Waals surface area (Å²) in [4.78, 5) is 19.1. The van der Waals surface area contributed by atoms with Crippen molar-refractivity contribution in [2.75, 3.05) is 11.9 Å².